The Balaban J connectivity index is 1.57. The van der Waals surface area contributed by atoms with E-state index >= 15 is 0 Å². The van der Waals surface area contributed by atoms with Crippen LogP contribution in [0.15, 0.2) is 30.6 Å². The number of aryl methyl sites for hydroxylation is 1. The predicted octanol–water partition coefficient (Wildman–Crippen LogP) is 5.24. The number of carbonyl (C=O) groups excluding carboxylic acids is 1. The summed E-state index contributed by atoms with van der Waals surface area (Å²) in [4.78, 5) is 22.7. The Morgan fingerprint density at radius 3 is 2.50 bits per heavy atom. The molecule has 1 saturated carbocycles. The van der Waals surface area contributed by atoms with Crippen molar-refractivity contribution < 1.29 is 9.53 Å². The summed E-state index contributed by atoms with van der Waals surface area (Å²) in [5.41, 5.74) is 5.24. The number of benzene rings is 1. The second-order valence-corrected chi connectivity index (χ2v) is 10.4. The molecule has 1 aromatic carbocycles. The minimum atomic E-state index is -0.157. The van der Waals surface area contributed by atoms with E-state index in [-0.39, 0.29) is 5.91 Å². The second kappa shape index (κ2) is 11.1. The third-order valence-electron chi connectivity index (χ3n) is 7.65. The number of imidazole rings is 1. The molecule has 3 aromatic rings. The maximum absolute atomic E-state index is 13.4. The minimum Gasteiger partial charge on any atom is -0.496 e. The molecule has 1 aliphatic carbocycles. The standard InChI is InChI=1S/C28H38ClN5O2/c1-7-33(22-10-8-21(9-11-22)32(4)5)25-16-20(29)15-23(19(25)3)28(35)31-17-24-26(36-6)14-18(2)34-13-12-30-27(24)34/h12-16,21-22H,7-11,17H2,1-6H3,(H,31,35). The van der Waals surface area contributed by atoms with Crippen molar-refractivity contribution in [2.45, 2.75) is 65.1 Å². The topological polar surface area (TPSA) is 62.1 Å². The van der Waals surface area contributed by atoms with Crippen LogP contribution in [0.2, 0.25) is 5.02 Å². The lowest BCUT2D eigenvalue weighted by molar-refractivity contribution is 0.0950. The Morgan fingerprint density at radius 1 is 1.17 bits per heavy atom. The average Bonchev–Trinajstić information content (AvgIpc) is 3.36. The molecule has 2 aromatic heterocycles. The molecule has 1 aliphatic rings. The van der Waals surface area contributed by atoms with Gasteiger partial charge in [-0.05, 0) is 78.2 Å². The second-order valence-electron chi connectivity index (χ2n) is 9.95. The zero-order valence-corrected chi connectivity index (χ0v) is 23.0. The van der Waals surface area contributed by atoms with E-state index in [4.69, 9.17) is 16.3 Å². The highest BCUT2D eigenvalue weighted by Gasteiger charge is 2.28. The molecule has 0 saturated heterocycles. The van der Waals surface area contributed by atoms with Crippen LogP contribution in [-0.2, 0) is 6.54 Å². The zero-order valence-electron chi connectivity index (χ0n) is 22.3. The maximum atomic E-state index is 13.4. The fourth-order valence-corrected chi connectivity index (χ4v) is 5.80. The largest absolute Gasteiger partial charge is 0.496 e. The maximum Gasteiger partial charge on any atom is 0.251 e. The predicted molar refractivity (Wildman–Crippen MR) is 147 cm³/mol. The Labute approximate surface area is 219 Å². The highest BCUT2D eigenvalue weighted by Crippen LogP contribution is 2.34. The molecule has 1 N–H and O–H groups in total. The molecule has 8 heteroatoms. The summed E-state index contributed by atoms with van der Waals surface area (Å²) >= 11 is 6.57. The molecular formula is C28H38ClN5O2. The summed E-state index contributed by atoms with van der Waals surface area (Å²) in [5.74, 6) is 0.552. The van der Waals surface area contributed by atoms with Gasteiger partial charge in [-0.2, -0.15) is 0 Å². The fourth-order valence-electron chi connectivity index (χ4n) is 5.59. The van der Waals surface area contributed by atoms with Crippen LogP contribution in [-0.4, -0.2) is 60.0 Å². The first-order valence-electron chi connectivity index (χ1n) is 12.8. The van der Waals surface area contributed by atoms with E-state index in [1.165, 1.54) is 12.8 Å². The molecule has 0 radical (unpaired) electrons. The number of methoxy groups -OCH3 is 1. The van der Waals surface area contributed by atoms with Gasteiger partial charge in [0.05, 0.1) is 19.2 Å². The number of halogens is 1. The van der Waals surface area contributed by atoms with E-state index in [2.05, 4.69) is 41.1 Å². The average molecular weight is 512 g/mol. The quantitative estimate of drug-likeness (QED) is 0.448. The highest BCUT2D eigenvalue weighted by molar-refractivity contribution is 6.31. The third-order valence-corrected chi connectivity index (χ3v) is 7.87. The van der Waals surface area contributed by atoms with Gasteiger partial charge in [-0.3, -0.25) is 4.79 Å². The highest BCUT2D eigenvalue weighted by atomic mass is 35.5. The van der Waals surface area contributed by atoms with Gasteiger partial charge in [0.15, 0.2) is 0 Å². The number of amides is 1. The van der Waals surface area contributed by atoms with Gasteiger partial charge in [0.1, 0.15) is 11.4 Å². The Bertz CT molecular complexity index is 1230. The van der Waals surface area contributed by atoms with Crippen molar-refractivity contribution in [2.75, 3.05) is 32.6 Å². The minimum absolute atomic E-state index is 0.157. The molecule has 0 aliphatic heterocycles. The van der Waals surface area contributed by atoms with Crippen molar-refractivity contribution >= 4 is 28.8 Å². The molecule has 0 bridgehead atoms. The lowest BCUT2D eigenvalue weighted by Gasteiger charge is -2.40. The normalized spacial score (nSPS) is 18.0. The molecule has 0 unspecified atom stereocenters. The van der Waals surface area contributed by atoms with Crippen molar-refractivity contribution in [3.05, 3.63) is 58.0 Å². The van der Waals surface area contributed by atoms with E-state index < -0.39 is 0 Å². The number of fused-ring (bicyclic) bond motifs is 1. The number of ether oxygens (including phenoxy) is 1. The molecule has 0 atom stereocenters. The van der Waals surface area contributed by atoms with Crippen LogP contribution in [0, 0.1) is 13.8 Å². The molecule has 0 spiro atoms. The summed E-state index contributed by atoms with van der Waals surface area (Å²) in [6.45, 7) is 7.38. The Hall–Kier alpha value is -2.77. The van der Waals surface area contributed by atoms with Gasteiger partial charge in [-0.1, -0.05) is 11.6 Å². The van der Waals surface area contributed by atoms with Gasteiger partial charge in [-0.15, -0.1) is 0 Å². The van der Waals surface area contributed by atoms with E-state index in [9.17, 15) is 4.79 Å². The van der Waals surface area contributed by atoms with Crippen molar-refractivity contribution in [1.82, 2.24) is 19.6 Å². The summed E-state index contributed by atoms with van der Waals surface area (Å²) in [7, 11) is 5.97. The number of hydrogen-bond donors (Lipinski definition) is 1. The lowest BCUT2D eigenvalue weighted by atomic mass is 9.89. The summed E-state index contributed by atoms with van der Waals surface area (Å²) in [6.07, 6.45) is 8.30. The van der Waals surface area contributed by atoms with Gasteiger partial charge in [0.2, 0.25) is 0 Å². The number of pyridine rings is 1. The fraction of sp³-hybridized carbons (Fsp3) is 0.500. The molecule has 2 heterocycles. The van der Waals surface area contributed by atoms with Gasteiger partial charge in [-0.25, -0.2) is 4.98 Å². The van der Waals surface area contributed by atoms with Crippen molar-refractivity contribution in [3.8, 4) is 5.75 Å². The van der Waals surface area contributed by atoms with Crippen LogP contribution in [0.1, 0.15) is 59.8 Å². The van der Waals surface area contributed by atoms with E-state index in [1.807, 2.05) is 36.6 Å². The smallest absolute Gasteiger partial charge is 0.251 e. The Morgan fingerprint density at radius 2 is 1.86 bits per heavy atom. The molecular weight excluding hydrogens is 474 g/mol. The number of carbonyl (C=O) groups is 1. The van der Waals surface area contributed by atoms with Gasteiger partial charge in [0.25, 0.3) is 5.91 Å². The number of nitrogens with one attached hydrogen (secondary N) is 1. The molecule has 4 rings (SSSR count). The number of anilines is 1. The van der Waals surface area contributed by atoms with Crippen LogP contribution in [0.25, 0.3) is 5.65 Å². The van der Waals surface area contributed by atoms with Crippen molar-refractivity contribution in [1.29, 1.82) is 0 Å². The number of rotatable bonds is 8. The lowest BCUT2D eigenvalue weighted by Crippen LogP contribution is -2.42. The first kappa shape index (κ1) is 26.3. The van der Waals surface area contributed by atoms with Crippen LogP contribution in [0.5, 0.6) is 5.75 Å². The van der Waals surface area contributed by atoms with E-state index in [1.54, 1.807) is 19.4 Å². The molecule has 36 heavy (non-hydrogen) atoms. The number of nitrogens with zero attached hydrogens (tertiary/aromatic N) is 4. The Kier molecular flexibility index (Phi) is 8.10. The van der Waals surface area contributed by atoms with Crippen molar-refractivity contribution in [2.24, 2.45) is 0 Å². The van der Waals surface area contributed by atoms with E-state index in [0.29, 0.717) is 35.0 Å². The molecule has 1 fully saturated rings. The van der Waals surface area contributed by atoms with E-state index in [0.717, 1.165) is 47.5 Å². The molecule has 194 valence electrons. The summed E-state index contributed by atoms with van der Waals surface area (Å²) in [5, 5.41) is 3.66. The number of hydrogen-bond acceptors (Lipinski definition) is 5. The van der Waals surface area contributed by atoms with Gasteiger partial charge >= 0.3 is 0 Å². The van der Waals surface area contributed by atoms with Crippen LogP contribution in [0.3, 0.4) is 0 Å². The molecule has 1 amide bonds. The first-order valence-corrected chi connectivity index (χ1v) is 13.1. The molecule has 7 nitrogen and oxygen atoms in total. The third kappa shape index (κ3) is 5.18. The first-order chi connectivity index (χ1) is 17.2. The van der Waals surface area contributed by atoms with Gasteiger partial charge < -0.3 is 24.3 Å². The monoisotopic (exact) mass is 511 g/mol. The van der Waals surface area contributed by atoms with Crippen LogP contribution < -0.4 is 15.0 Å². The van der Waals surface area contributed by atoms with Crippen LogP contribution >= 0.6 is 11.6 Å². The summed E-state index contributed by atoms with van der Waals surface area (Å²) < 4.78 is 7.60. The van der Waals surface area contributed by atoms with Crippen molar-refractivity contribution in [3.63, 3.8) is 0 Å². The summed E-state index contributed by atoms with van der Waals surface area (Å²) in [6, 6.07) is 6.83. The zero-order chi connectivity index (χ0) is 26.0. The van der Waals surface area contributed by atoms with Crippen LogP contribution in [0.4, 0.5) is 5.69 Å². The number of aromatic nitrogens is 2. The SMILES string of the molecule is CCN(c1cc(Cl)cc(C(=O)NCc2c(OC)cc(C)n3ccnc23)c1C)C1CCC(N(C)C)CC1. The van der Waals surface area contributed by atoms with Gasteiger partial charge in [0, 0.05) is 59.1 Å².